The Bertz CT molecular complexity index is 6060. The fourth-order valence-electron chi connectivity index (χ4n) is 14.1. The van der Waals surface area contributed by atoms with Crippen molar-refractivity contribution in [2.45, 2.75) is 0 Å². The Balaban J connectivity index is 0.631. The molecule has 4 aromatic heterocycles. The molecule has 14 aromatic carbocycles. The maximum absolute atomic E-state index is 6.92. The Morgan fingerprint density at radius 3 is 0.917 bits per heavy atom. The van der Waals surface area contributed by atoms with Gasteiger partial charge in [-0.3, -0.25) is 0 Å². The first-order chi connectivity index (χ1) is 47.6. The van der Waals surface area contributed by atoms with Crippen LogP contribution in [0.5, 0.6) is 0 Å². The first-order valence-electron chi connectivity index (χ1n) is 32.2. The summed E-state index contributed by atoms with van der Waals surface area (Å²) < 4.78 is 13.7. The van der Waals surface area contributed by atoms with Gasteiger partial charge in [0.25, 0.3) is 0 Å². The lowest BCUT2D eigenvalue weighted by atomic mass is 9.92. The summed E-state index contributed by atoms with van der Waals surface area (Å²) in [5, 5.41) is 6.35. The molecule has 446 valence electrons. The average Bonchev–Trinajstić information content (AvgIpc) is 1.54. The normalized spacial score (nSPS) is 11.8. The second-order valence-corrected chi connectivity index (χ2v) is 24.4. The van der Waals surface area contributed by atoms with Gasteiger partial charge in [0.1, 0.15) is 22.3 Å². The molecule has 8 nitrogen and oxygen atoms in total. The van der Waals surface area contributed by atoms with E-state index >= 15 is 0 Å². The molecule has 0 spiro atoms. The van der Waals surface area contributed by atoms with Crippen molar-refractivity contribution in [1.82, 2.24) is 29.9 Å². The Kier molecular flexibility index (Phi) is 12.7. The van der Waals surface area contributed by atoms with Crippen molar-refractivity contribution in [3.8, 4) is 146 Å². The molecule has 0 unspecified atom stereocenters. The van der Waals surface area contributed by atoms with Crippen molar-refractivity contribution in [2.75, 3.05) is 0 Å². The van der Waals surface area contributed by atoms with Crippen molar-refractivity contribution >= 4 is 54.6 Å². The van der Waals surface area contributed by atoms with Crippen LogP contribution in [0.1, 0.15) is 0 Å². The van der Waals surface area contributed by atoms with Gasteiger partial charge in [0.05, 0.1) is 0 Å². The molecule has 1 aliphatic carbocycles. The molecule has 0 fully saturated rings. The van der Waals surface area contributed by atoms with Gasteiger partial charge in [0.2, 0.25) is 0 Å². The van der Waals surface area contributed by atoms with E-state index in [1.165, 1.54) is 33.0 Å². The van der Waals surface area contributed by atoms with Gasteiger partial charge in [0.15, 0.2) is 34.9 Å². The summed E-state index contributed by atoms with van der Waals surface area (Å²) in [7, 11) is 0. The zero-order valence-electron chi connectivity index (χ0n) is 51.5. The molecule has 4 heterocycles. The summed E-state index contributed by atoms with van der Waals surface area (Å²) in [5.74, 6) is 3.49. The predicted molar refractivity (Wildman–Crippen MR) is 390 cm³/mol. The van der Waals surface area contributed by atoms with Gasteiger partial charge in [-0.15, -0.1) is 0 Å². The minimum Gasteiger partial charge on any atom is -0.455 e. The number of rotatable bonds is 11. The molecule has 0 saturated carbocycles. The third-order valence-electron chi connectivity index (χ3n) is 18.8. The van der Waals surface area contributed by atoms with E-state index < -0.39 is 0 Å². The lowest BCUT2D eigenvalue weighted by Crippen LogP contribution is -2.00. The van der Waals surface area contributed by atoms with E-state index in [0.29, 0.717) is 34.9 Å². The molecule has 0 bridgehead atoms. The number of hydrogen-bond acceptors (Lipinski definition) is 8. The van der Waals surface area contributed by atoms with Crippen LogP contribution in [0.25, 0.3) is 201 Å². The van der Waals surface area contributed by atoms with Gasteiger partial charge in [-0.2, -0.15) is 0 Å². The summed E-state index contributed by atoms with van der Waals surface area (Å²) in [6, 6.07) is 110. The number of aromatic nitrogens is 6. The number of hydrogen-bond donors (Lipinski definition) is 0. The summed E-state index contributed by atoms with van der Waals surface area (Å²) in [4.78, 5) is 31.2. The maximum atomic E-state index is 6.92. The van der Waals surface area contributed by atoms with E-state index in [4.69, 9.17) is 38.7 Å². The molecule has 96 heavy (non-hydrogen) atoms. The van der Waals surface area contributed by atoms with Crippen LogP contribution in [-0.4, -0.2) is 29.9 Å². The lowest BCUT2D eigenvalue weighted by Gasteiger charge is -2.13. The number of furan rings is 2. The number of nitrogens with zero attached hydrogens (tertiary/aromatic N) is 6. The maximum Gasteiger partial charge on any atom is 0.164 e. The topological polar surface area (TPSA) is 104 Å². The highest BCUT2D eigenvalue weighted by molar-refractivity contribution is 6.22. The molecule has 19 rings (SSSR count). The molecular weight excluding hydrogens is 1170 g/mol. The van der Waals surface area contributed by atoms with Gasteiger partial charge in [-0.1, -0.05) is 279 Å². The molecule has 0 aliphatic heterocycles. The molecule has 0 N–H and O–H groups in total. The highest BCUT2D eigenvalue weighted by Gasteiger charge is 2.27. The molecule has 0 atom stereocenters. The highest BCUT2D eigenvalue weighted by Crippen LogP contribution is 2.51. The van der Waals surface area contributed by atoms with Crippen LogP contribution >= 0.6 is 0 Å². The Hall–Kier alpha value is -13.0. The predicted octanol–water partition coefficient (Wildman–Crippen LogP) is 23.0. The van der Waals surface area contributed by atoms with E-state index in [1.54, 1.807) is 0 Å². The Morgan fingerprint density at radius 1 is 0.156 bits per heavy atom. The highest BCUT2D eigenvalue weighted by atomic mass is 16.3. The second kappa shape index (κ2) is 22.4. The second-order valence-electron chi connectivity index (χ2n) is 24.4. The first-order valence-corrected chi connectivity index (χ1v) is 32.2. The Morgan fingerprint density at radius 2 is 0.448 bits per heavy atom. The van der Waals surface area contributed by atoms with E-state index in [-0.39, 0.29) is 0 Å². The van der Waals surface area contributed by atoms with Crippen molar-refractivity contribution < 1.29 is 8.83 Å². The molecule has 1 aliphatic rings. The lowest BCUT2D eigenvalue weighted by molar-refractivity contribution is 0.669. The van der Waals surface area contributed by atoms with Crippen molar-refractivity contribution in [1.29, 1.82) is 0 Å². The third-order valence-corrected chi connectivity index (χ3v) is 18.8. The smallest absolute Gasteiger partial charge is 0.164 e. The van der Waals surface area contributed by atoms with Gasteiger partial charge < -0.3 is 8.83 Å². The number of benzene rings is 14. The molecule has 8 heteroatoms. The summed E-state index contributed by atoms with van der Waals surface area (Å²) in [6.45, 7) is 0. The van der Waals surface area contributed by atoms with Crippen LogP contribution in [0.2, 0.25) is 0 Å². The van der Waals surface area contributed by atoms with Crippen LogP contribution in [-0.2, 0) is 0 Å². The molecule has 18 aromatic rings. The molecular formula is C88H52N6O2. The zero-order chi connectivity index (χ0) is 63.2. The van der Waals surface area contributed by atoms with E-state index in [0.717, 1.165) is 133 Å². The van der Waals surface area contributed by atoms with Crippen LogP contribution in [0.15, 0.2) is 324 Å². The van der Waals surface area contributed by atoms with Gasteiger partial charge >= 0.3 is 0 Å². The van der Waals surface area contributed by atoms with E-state index in [2.05, 4.69) is 224 Å². The minimum atomic E-state index is 0.566. The SMILES string of the molecule is c1ccc(-c2ccc(-c3nc(-c4ccccc4)nc(-c4ccc(-c5ccc(-c6ccc(-c7ccc(-c8nc(-c9ccccc9)nc(-c9ccc(-c%10ccc%11c%12c(cccc%10%12)-c%10ccccc%10-%11)c%10oc%11ccccc%11c9%10)n8)cc7)cc6)cc5)c5oc6ccccc6c45)n3)cc2)cc1. The van der Waals surface area contributed by atoms with Crippen LogP contribution in [0.4, 0.5) is 0 Å². The van der Waals surface area contributed by atoms with Crippen molar-refractivity contribution in [3.05, 3.63) is 315 Å². The largest absolute Gasteiger partial charge is 0.455 e. The summed E-state index contributed by atoms with van der Waals surface area (Å²) >= 11 is 0. The van der Waals surface area contributed by atoms with E-state index in [9.17, 15) is 0 Å². The minimum absolute atomic E-state index is 0.566. The Labute approximate surface area is 551 Å². The van der Waals surface area contributed by atoms with Gasteiger partial charge in [0, 0.05) is 66.1 Å². The fourth-order valence-corrected chi connectivity index (χ4v) is 14.1. The zero-order valence-corrected chi connectivity index (χ0v) is 51.5. The summed E-state index contributed by atoms with van der Waals surface area (Å²) in [6.07, 6.45) is 0. The van der Waals surface area contributed by atoms with Crippen LogP contribution in [0.3, 0.4) is 0 Å². The molecule has 0 amide bonds. The number of fused-ring (bicyclic) bond motifs is 9. The first kappa shape index (κ1) is 54.7. The van der Waals surface area contributed by atoms with Crippen molar-refractivity contribution in [3.63, 3.8) is 0 Å². The monoisotopic (exact) mass is 1220 g/mol. The number of para-hydroxylation sites is 2. The molecule has 0 saturated heterocycles. The third kappa shape index (κ3) is 9.22. The van der Waals surface area contributed by atoms with Crippen LogP contribution < -0.4 is 0 Å². The van der Waals surface area contributed by atoms with Crippen LogP contribution in [0, 0.1) is 0 Å². The van der Waals surface area contributed by atoms with Gasteiger partial charge in [-0.05, 0) is 114 Å². The van der Waals surface area contributed by atoms with Crippen molar-refractivity contribution in [2.24, 2.45) is 0 Å². The summed E-state index contributed by atoms with van der Waals surface area (Å²) in [5.41, 5.74) is 24.3. The fraction of sp³-hybridized carbons (Fsp3) is 0. The average molecular weight is 1230 g/mol. The van der Waals surface area contributed by atoms with E-state index in [1.807, 2.05) is 91.0 Å². The molecule has 0 radical (unpaired) electrons. The standard InChI is InChI=1S/C88H52N6O2/c1-4-17-53(18-5-1)54-37-43-62(44-38-54)85-89-83(60-19-6-2-7-20-60)91-87(93-85)74-51-47-64(81-79(74)72-25-12-14-29-76(72)95-81)59-41-35-57(36-42-59)55-31-33-56(34-32-55)58-39-45-63(46-40-58)86-90-84(61-21-8-3-9-22-61)92-88(94-86)75-52-50-71(82-80(75)73-26-13-15-30-77(73)96-82)67-48-49-70-66-24-11-10-23-65(66)68-27-16-28-69(67)78(68)70/h1-52H. The quantitative estimate of drug-likeness (QED) is 0.126. The van der Waals surface area contributed by atoms with Gasteiger partial charge in [-0.25, -0.2) is 29.9 Å².